The van der Waals surface area contributed by atoms with Gasteiger partial charge in [-0.15, -0.1) is 0 Å². The van der Waals surface area contributed by atoms with Crippen LogP contribution in [0.1, 0.15) is 56.3 Å². The second-order valence-corrected chi connectivity index (χ2v) is 9.31. The summed E-state index contributed by atoms with van der Waals surface area (Å²) in [5.41, 5.74) is 4.10. The smallest absolute Gasteiger partial charge is 0.242 e. The maximum absolute atomic E-state index is 13.0. The average molecular weight is 445 g/mol. The van der Waals surface area contributed by atoms with E-state index >= 15 is 0 Å². The zero-order chi connectivity index (χ0) is 22.8. The fourth-order valence-electron chi connectivity index (χ4n) is 5.13. The molecule has 3 aromatic rings. The number of fused-ring (bicyclic) bond motifs is 1. The lowest BCUT2D eigenvalue weighted by molar-refractivity contribution is -0.130. The number of hydrogen-bond donors (Lipinski definition) is 0. The second-order valence-electron chi connectivity index (χ2n) is 9.31. The first kappa shape index (κ1) is 21.7. The number of aromatic nitrogens is 2. The molecule has 0 unspecified atom stereocenters. The largest absolute Gasteiger partial charge is 0.341 e. The Hall–Kier alpha value is -3.15. The summed E-state index contributed by atoms with van der Waals surface area (Å²) in [5, 5.41) is 0. The Morgan fingerprint density at radius 1 is 1.06 bits per heavy atom. The number of carbonyl (C=O) groups is 2. The summed E-state index contributed by atoms with van der Waals surface area (Å²) in [6.45, 7) is 4.75. The number of amides is 2. The third-order valence-corrected chi connectivity index (χ3v) is 6.99. The molecule has 2 aliphatic heterocycles. The molecule has 33 heavy (non-hydrogen) atoms. The van der Waals surface area contributed by atoms with Crippen LogP contribution in [0, 0.1) is 0 Å². The summed E-state index contributed by atoms with van der Waals surface area (Å²) in [7, 11) is 0. The van der Waals surface area contributed by atoms with Crippen molar-refractivity contribution in [3.8, 4) is 0 Å². The van der Waals surface area contributed by atoms with Gasteiger partial charge in [0.2, 0.25) is 11.8 Å². The van der Waals surface area contributed by atoms with Gasteiger partial charge in [-0.25, -0.2) is 4.98 Å². The Kier molecular flexibility index (Phi) is 6.16. The Bertz CT molecular complexity index is 1140. The van der Waals surface area contributed by atoms with Crippen molar-refractivity contribution in [1.29, 1.82) is 0 Å². The van der Waals surface area contributed by atoms with Crippen LogP contribution in [-0.2, 0) is 22.6 Å². The summed E-state index contributed by atoms with van der Waals surface area (Å²) in [6.07, 6.45) is 5.99. The van der Waals surface area contributed by atoms with E-state index in [2.05, 4.69) is 31.2 Å². The highest BCUT2D eigenvalue weighted by molar-refractivity contribution is 5.96. The molecule has 0 N–H and O–H groups in total. The molecule has 0 radical (unpaired) electrons. The van der Waals surface area contributed by atoms with Crippen LogP contribution < -0.4 is 4.90 Å². The number of carbonyl (C=O) groups excluding carboxylic acids is 2. The molecule has 0 aliphatic carbocycles. The predicted octanol–water partition coefficient (Wildman–Crippen LogP) is 4.52. The third-order valence-electron chi connectivity index (χ3n) is 6.99. The number of likely N-dealkylation sites (tertiary alicyclic amines) is 1. The van der Waals surface area contributed by atoms with Gasteiger partial charge in [-0.3, -0.25) is 9.59 Å². The van der Waals surface area contributed by atoms with Crippen molar-refractivity contribution < 1.29 is 9.59 Å². The first-order valence-electron chi connectivity index (χ1n) is 12.3. The number of aryl methyl sites for hydroxylation is 1. The van der Waals surface area contributed by atoms with Crippen LogP contribution in [0.15, 0.2) is 48.5 Å². The fraction of sp³-hybridized carbons (Fsp3) is 0.444. The van der Waals surface area contributed by atoms with Gasteiger partial charge in [-0.2, -0.15) is 0 Å². The summed E-state index contributed by atoms with van der Waals surface area (Å²) in [6, 6.07) is 16.3. The minimum absolute atomic E-state index is 0.0314. The zero-order valence-corrected chi connectivity index (χ0v) is 19.4. The Morgan fingerprint density at radius 3 is 2.58 bits per heavy atom. The van der Waals surface area contributed by atoms with E-state index in [1.165, 1.54) is 18.4 Å². The quantitative estimate of drug-likeness (QED) is 0.538. The van der Waals surface area contributed by atoms with Gasteiger partial charge in [-0.1, -0.05) is 37.6 Å². The lowest BCUT2D eigenvalue weighted by atomic mass is 10.1. The van der Waals surface area contributed by atoms with Crippen LogP contribution in [0.2, 0.25) is 0 Å². The van der Waals surface area contributed by atoms with Gasteiger partial charge >= 0.3 is 0 Å². The van der Waals surface area contributed by atoms with Gasteiger partial charge in [0.1, 0.15) is 12.4 Å². The predicted molar refractivity (Wildman–Crippen MR) is 130 cm³/mol. The number of imidazole rings is 1. The molecule has 6 heteroatoms. The van der Waals surface area contributed by atoms with Gasteiger partial charge < -0.3 is 14.4 Å². The molecular weight excluding hydrogens is 412 g/mol. The Morgan fingerprint density at radius 2 is 1.82 bits per heavy atom. The van der Waals surface area contributed by atoms with E-state index in [1.807, 2.05) is 38.6 Å². The molecule has 0 bridgehead atoms. The first-order chi connectivity index (χ1) is 16.1. The molecule has 2 aliphatic rings. The van der Waals surface area contributed by atoms with E-state index < -0.39 is 0 Å². The van der Waals surface area contributed by atoms with E-state index in [4.69, 9.17) is 4.98 Å². The summed E-state index contributed by atoms with van der Waals surface area (Å²) >= 11 is 0. The highest BCUT2D eigenvalue weighted by Gasteiger charge is 2.35. The van der Waals surface area contributed by atoms with Gasteiger partial charge in [0.15, 0.2) is 0 Å². The lowest BCUT2D eigenvalue weighted by Gasteiger charge is -2.19. The summed E-state index contributed by atoms with van der Waals surface area (Å²) in [4.78, 5) is 34.7. The molecule has 6 nitrogen and oxygen atoms in total. The molecule has 2 amide bonds. The van der Waals surface area contributed by atoms with Crippen molar-refractivity contribution in [1.82, 2.24) is 14.5 Å². The van der Waals surface area contributed by atoms with E-state index in [0.717, 1.165) is 54.9 Å². The van der Waals surface area contributed by atoms with Crippen molar-refractivity contribution in [2.24, 2.45) is 0 Å². The topological polar surface area (TPSA) is 58.4 Å². The van der Waals surface area contributed by atoms with E-state index in [-0.39, 0.29) is 24.3 Å². The number of nitrogens with zero attached hydrogens (tertiary/aromatic N) is 4. The number of anilines is 1. The molecule has 0 spiro atoms. The van der Waals surface area contributed by atoms with E-state index in [0.29, 0.717) is 13.0 Å². The van der Waals surface area contributed by atoms with Gasteiger partial charge in [0.05, 0.1) is 11.0 Å². The van der Waals surface area contributed by atoms with Crippen molar-refractivity contribution in [2.75, 3.05) is 24.5 Å². The minimum Gasteiger partial charge on any atom is -0.341 e. The second kappa shape index (κ2) is 9.38. The van der Waals surface area contributed by atoms with Gasteiger partial charge in [-0.05, 0) is 55.5 Å². The fourth-order valence-corrected chi connectivity index (χ4v) is 5.13. The first-order valence-corrected chi connectivity index (χ1v) is 12.3. The molecule has 1 aromatic heterocycles. The lowest BCUT2D eigenvalue weighted by Crippen LogP contribution is -2.32. The zero-order valence-electron chi connectivity index (χ0n) is 19.4. The summed E-state index contributed by atoms with van der Waals surface area (Å²) < 4.78 is 2.05. The van der Waals surface area contributed by atoms with Crippen LogP contribution in [0.25, 0.3) is 11.0 Å². The molecular formula is C27H32N4O2. The summed E-state index contributed by atoms with van der Waals surface area (Å²) in [5.74, 6) is 1.07. The maximum Gasteiger partial charge on any atom is 0.242 e. The van der Waals surface area contributed by atoms with E-state index in [9.17, 15) is 9.59 Å². The van der Waals surface area contributed by atoms with Crippen molar-refractivity contribution in [2.45, 2.75) is 57.9 Å². The normalized spacial score (nSPS) is 18.6. The van der Waals surface area contributed by atoms with Crippen LogP contribution in [0.5, 0.6) is 0 Å². The molecule has 2 aromatic carbocycles. The van der Waals surface area contributed by atoms with Crippen LogP contribution >= 0.6 is 0 Å². The Balaban J connectivity index is 1.40. The van der Waals surface area contributed by atoms with Gasteiger partial charge in [0, 0.05) is 37.7 Å². The molecule has 2 fully saturated rings. The number of para-hydroxylation sites is 2. The monoisotopic (exact) mass is 444 g/mol. The van der Waals surface area contributed by atoms with Gasteiger partial charge in [0.25, 0.3) is 0 Å². The van der Waals surface area contributed by atoms with Crippen LogP contribution in [0.3, 0.4) is 0 Å². The van der Waals surface area contributed by atoms with E-state index in [1.54, 1.807) is 0 Å². The number of benzene rings is 2. The third kappa shape index (κ3) is 4.39. The van der Waals surface area contributed by atoms with Crippen molar-refractivity contribution in [3.63, 3.8) is 0 Å². The highest BCUT2D eigenvalue weighted by atomic mass is 16.2. The van der Waals surface area contributed by atoms with Crippen molar-refractivity contribution in [3.05, 3.63) is 59.9 Å². The highest BCUT2D eigenvalue weighted by Crippen LogP contribution is 2.33. The molecule has 2 saturated heterocycles. The SMILES string of the molecule is CCCCc1ccc(N2C[C@@H](c3nc4ccccc4n3CC(=O)N3CCCC3)CC2=O)cc1. The molecule has 1 atom stereocenters. The number of unbranched alkanes of at least 4 members (excludes halogenated alkanes) is 1. The Labute approximate surface area is 195 Å². The molecule has 3 heterocycles. The molecule has 5 rings (SSSR count). The standard InChI is InChI=1S/C27H32N4O2/c1-2-3-8-20-11-13-22(14-12-20)30-18-21(17-25(30)32)27-28-23-9-4-5-10-24(23)31(27)19-26(33)29-15-6-7-16-29/h4-5,9-14,21H,2-3,6-8,15-19H2,1H3/t21-/m0/s1. The average Bonchev–Trinajstić information content (AvgIpc) is 3.57. The maximum atomic E-state index is 13.0. The molecule has 0 saturated carbocycles. The molecule has 172 valence electrons. The number of hydrogen-bond acceptors (Lipinski definition) is 3. The van der Waals surface area contributed by atoms with Crippen LogP contribution in [0.4, 0.5) is 5.69 Å². The minimum atomic E-state index is -0.0314. The number of rotatable bonds is 7. The van der Waals surface area contributed by atoms with Crippen LogP contribution in [-0.4, -0.2) is 45.9 Å². The van der Waals surface area contributed by atoms with Crippen molar-refractivity contribution >= 4 is 28.5 Å².